The van der Waals surface area contributed by atoms with Crippen LogP contribution < -0.4 is 5.73 Å². The van der Waals surface area contributed by atoms with Gasteiger partial charge in [0.2, 0.25) is 0 Å². The molecule has 1 fully saturated rings. The van der Waals surface area contributed by atoms with Gasteiger partial charge in [-0.25, -0.2) is 9.37 Å². The summed E-state index contributed by atoms with van der Waals surface area (Å²) < 4.78 is 16.5. The second-order valence-electron chi connectivity index (χ2n) is 7.20. The summed E-state index contributed by atoms with van der Waals surface area (Å²) in [6.07, 6.45) is 6.63. The Bertz CT molecular complexity index is 1070. The molecule has 0 saturated heterocycles. The summed E-state index contributed by atoms with van der Waals surface area (Å²) in [5, 5.41) is 10.1. The first-order chi connectivity index (χ1) is 12.4. The third kappa shape index (κ3) is 2.14. The Hall–Kier alpha value is -2.91. The van der Waals surface area contributed by atoms with Gasteiger partial charge in [-0.3, -0.25) is 4.79 Å². The van der Waals surface area contributed by atoms with Crippen molar-refractivity contribution >= 4 is 11.5 Å². The van der Waals surface area contributed by atoms with Crippen LogP contribution in [0.4, 0.5) is 4.39 Å². The van der Waals surface area contributed by atoms with Gasteiger partial charge in [-0.2, -0.15) is 0 Å². The van der Waals surface area contributed by atoms with E-state index < -0.39 is 17.3 Å². The van der Waals surface area contributed by atoms with Gasteiger partial charge in [-0.1, -0.05) is 17.9 Å². The van der Waals surface area contributed by atoms with Crippen molar-refractivity contribution in [1.82, 2.24) is 9.55 Å². The number of hydrogen-bond donors (Lipinski definition) is 2. The zero-order valence-electron chi connectivity index (χ0n) is 13.9. The van der Waals surface area contributed by atoms with Crippen LogP contribution in [0.15, 0.2) is 24.4 Å². The minimum Gasteiger partial charge on any atom is -0.378 e. The fraction of sp³-hybridized carbons (Fsp3) is 0.300. The standard InChI is InChI=1S/C20H16FN3O2/c21-16-9-14-12-6-13(7-12)24-10-17(18(22)25)23-19(24)15(14)8-11(16)2-5-20(26)3-1-4-20/h6,8-10,13,26H,1,3-4,7H2,(H2,22,25). The largest absolute Gasteiger partial charge is 0.378 e. The minimum atomic E-state index is -0.999. The lowest BCUT2D eigenvalue weighted by atomic mass is 9.81. The van der Waals surface area contributed by atoms with Gasteiger partial charge in [0, 0.05) is 11.8 Å². The quantitative estimate of drug-likeness (QED) is 0.776. The first-order valence-electron chi connectivity index (χ1n) is 8.63. The topological polar surface area (TPSA) is 81.1 Å². The molecule has 1 aromatic heterocycles. The van der Waals surface area contributed by atoms with Crippen LogP contribution in [0.1, 0.15) is 53.3 Å². The Kier molecular flexibility index (Phi) is 2.98. The van der Waals surface area contributed by atoms with E-state index in [0.717, 1.165) is 29.5 Å². The summed E-state index contributed by atoms with van der Waals surface area (Å²) in [5.74, 6) is 5.17. The number of carbonyl (C=O) groups excluding carboxylic acids is 1. The highest BCUT2D eigenvalue weighted by atomic mass is 19.1. The fourth-order valence-corrected chi connectivity index (χ4v) is 3.71. The number of imidazole rings is 1. The number of carbonyl (C=O) groups is 1. The van der Waals surface area contributed by atoms with Crippen molar-refractivity contribution in [3.63, 3.8) is 0 Å². The molecule has 3 N–H and O–H groups in total. The lowest BCUT2D eigenvalue weighted by Gasteiger charge is -2.30. The smallest absolute Gasteiger partial charge is 0.268 e. The van der Waals surface area contributed by atoms with Crippen LogP contribution in [0.5, 0.6) is 0 Å². The number of halogens is 1. The highest BCUT2D eigenvalue weighted by molar-refractivity contribution is 5.93. The predicted octanol–water partition coefficient (Wildman–Crippen LogP) is 2.40. The number of primary amides is 1. The van der Waals surface area contributed by atoms with Crippen LogP contribution in [0.3, 0.4) is 0 Å². The Morgan fingerprint density at radius 2 is 2.15 bits per heavy atom. The van der Waals surface area contributed by atoms with Gasteiger partial charge in [-0.05, 0) is 49.0 Å². The van der Waals surface area contributed by atoms with Gasteiger partial charge < -0.3 is 15.4 Å². The third-order valence-electron chi connectivity index (χ3n) is 5.47. The van der Waals surface area contributed by atoms with Crippen molar-refractivity contribution in [2.45, 2.75) is 37.3 Å². The minimum absolute atomic E-state index is 0.0984. The summed E-state index contributed by atoms with van der Waals surface area (Å²) in [5.41, 5.74) is 7.35. The van der Waals surface area contributed by atoms with E-state index >= 15 is 0 Å². The molecule has 2 aliphatic carbocycles. The van der Waals surface area contributed by atoms with Crippen LogP contribution in [0, 0.1) is 17.7 Å². The van der Waals surface area contributed by atoms with Gasteiger partial charge >= 0.3 is 0 Å². The first kappa shape index (κ1) is 15.4. The van der Waals surface area contributed by atoms with E-state index in [1.165, 1.54) is 6.07 Å². The summed E-state index contributed by atoms with van der Waals surface area (Å²) in [4.78, 5) is 15.9. The highest BCUT2D eigenvalue weighted by Crippen LogP contribution is 2.47. The van der Waals surface area contributed by atoms with Crippen LogP contribution in [-0.4, -0.2) is 26.2 Å². The fourth-order valence-electron chi connectivity index (χ4n) is 3.71. The Morgan fingerprint density at radius 1 is 1.38 bits per heavy atom. The van der Waals surface area contributed by atoms with Crippen LogP contribution in [-0.2, 0) is 0 Å². The number of rotatable bonds is 1. The lowest BCUT2D eigenvalue weighted by molar-refractivity contribution is 0.0239. The molecule has 1 aromatic carbocycles. The number of hydrogen-bond acceptors (Lipinski definition) is 3. The van der Waals surface area contributed by atoms with E-state index in [4.69, 9.17) is 5.73 Å². The molecule has 6 heteroatoms. The first-order valence-corrected chi connectivity index (χ1v) is 8.63. The molecule has 3 heterocycles. The molecule has 2 aliphatic heterocycles. The van der Waals surface area contributed by atoms with Gasteiger partial charge in [0.25, 0.3) is 5.91 Å². The van der Waals surface area contributed by atoms with E-state index in [9.17, 15) is 14.3 Å². The molecule has 130 valence electrons. The van der Waals surface area contributed by atoms with Crippen LogP contribution in [0.25, 0.3) is 17.0 Å². The molecule has 6 rings (SSSR count). The van der Waals surface area contributed by atoms with Crippen LogP contribution in [0.2, 0.25) is 0 Å². The number of nitrogens with two attached hydrogens (primary N) is 1. The molecule has 0 radical (unpaired) electrons. The Morgan fingerprint density at radius 3 is 2.81 bits per heavy atom. The highest BCUT2D eigenvalue weighted by Gasteiger charge is 2.34. The van der Waals surface area contributed by atoms with Crippen molar-refractivity contribution < 1.29 is 14.3 Å². The Balaban J connectivity index is 1.67. The van der Waals surface area contributed by atoms with E-state index in [2.05, 4.69) is 16.8 Å². The number of aliphatic hydroxyl groups is 1. The van der Waals surface area contributed by atoms with E-state index in [1.807, 2.05) is 10.6 Å². The van der Waals surface area contributed by atoms with Crippen molar-refractivity contribution in [3.05, 3.63) is 47.0 Å². The number of aromatic nitrogens is 2. The maximum absolute atomic E-state index is 14.6. The zero-order valence-corrected chi connectivity index (χ0v) is 13.9. The molecule has 5 nitrogen and oxygen atoms in total. The van der Waals surface area contributed by atoms with Gasteiger partial charge in [0.1, 0.15) is 22.9 Å². The summed E-state index contributed by atoms with van der Waals surface area (Å²) >= 11 is 0. The molecule has 2 bridgehead atoms. The van der Waals surface area contributed by atoms with Gasteiger partial charge in [-0.15, -0.1) is 0 Å². The number of allylic oxidation sites excluding steroid dienone is 2. The molecule has 0 spiro atoms. The maximum Gasteiger partial charge on any atom is 0.268 e. The molecule has 1 unspecified atom stereocenters. The number of amides is 1. The number of nitrogens with zero attached hydrogens (tertiary/aromatic N) is 2. The molecule has 4 aliphatic rings. The molecule has 26 heavy (non-hydrogen) atoms. The zero-order chi connectivity index (χ0) is 18.1. The average Bonchev–Trinajstić information content (AvgIpc) is 2.87. The van der Waals surface area contributed by atoms with Gasteiger partial charge in [0.15, 0.2) is 0 Å². The Labute approximate surface area is 149 Å². The molecule has 1 atom stereocenters. The third-order valence-corrected chi connectivity index (χ3v) is 5.47. The second-order valence-corrected chi connectivity index (χ2v) is 7.20. The monoisotopic (exact) mass is 349 g/mol. The molecule has 2 aromatic rings. The van der Waals surface area contributed by atoms with Crippen molar-refractivity contribution in [2.75, 3.05) is 0 Å². The van der Waals surface area contributed by atoms with Gasteiger partial charge in [0.05, 0.1) is 11.6 Å². The van der Waals surface area contributed by atoms with E-state index in [1.54, 1.807) is 12.3 Å². The van der Waals surface area contributed by atoms with Crippen molar-refractivity contribution in [3.8, 4) is 23.2 Å². The van der Waals surface area contributed by atoms with Crippen LogP contribution >= 0.6 is 0 Å². The molecule has 1 saturated carbocycles. The van der Waals surface area contributed by atoms with Crippen molar-refractivity contribution in [1.29, 1.82) is 0 Å². The lowest BCUT2D eigenvalue weighted by Crippen LogP contribution is -2.34. The second kappa shape index (κ2) is 5.05. The average molecular weight is 349 g/mol. The van der Waals surface area contributed by atoms with Crippen molar-refractivity contribution in [2.24, 2.45) is 5.73 Å². The van der Waals surface area contributed by atoms with E-state index in [0.29, 0.717) is 18.7 Å². The van der Waals surface area contributed by atoms with E-state index in [-0.39, 0.29) is 17.3 Å². The normalized spacial score (nSPS) is 21.0. The number of benzene rings is 1. The summed E-state index contributed by atoms with van der Waals surface area (Å²) in [6, 6.07) is 3.23. The summed E-state index contributed by atoms with van der Waals surface area (Å²) in [6.45, 7) is 0. The molecular weight excluding hydrogens is 333 g/mol. The molecular formula is C20H16FN3O2. The molecule has 1 amide bonds. The maximum atomic E-state index is 14.6. The predicted molar refractivity (Wildman–Crippen MR) is 93.4 cm³/mol. The summed E-state index contributed by atoms with van der Waals surface area (Å²) in [7, 11) is 0. The SMILES string of the molecule is NC(=O)c1cn2c(n1)-c1cc(C#CC3(O)CCC3)c(F)cc1C1=CC2C1.